The van der Waals surface area contributed by atoms with Crippen LogP contribution < -0.4 is 0 Å². The predicted octanol–water partition coefficient (Wildman–Crippen LogP) is 2.19. The van der Waals surface area contributed by atoms with Crippen LogP contribution >= 0.6 is 0 Å². The molecule has 0 atom stereocenters. The highest BCUT2D eigenvalue weighted by Gasteiger charge is 2.09. The monoisotopic (exact) mass is 287 g/mol. The maximum atomic E-state index is 13.3. The van der Waals surface area contributed by atoms with Crippen molar-refractivity contribution in [3.63, 3.8) is 0 Å². The summed E-state index contributed by atoms with van der Waals surface area (Å²) >= 11 is 0. The fraction of sp³-hybridized carbons (Fsp3) is 0. The quantitative estimate of drug-likeness (QED) is 0.628. The van der Waals surface area contributed by atoms with Crippen LogP contribution in [0.5, 0.6) is 17.2 Å². The van der Waals surface area contributed by atoms with Crippen LogP contribution in [-0.2, 0) is 0 Å². The number of benzene rings is 2. The van der Waals surface area contributed by atoms with Crippen molar-refractivity contribution in [2.45, 2.75) is 0 Å². The van der Waals surface area contributed by atoms with Crippen LogP contribution in [0.15, 0.2) is 42.6 Å². The molecule has 1 heterocycles. The summed E-state index contributed by atoms with van der Waals surface area (Å²) in [6.45, 7) is 0. The van der Waals surface area contributed by atoms with Crippen LogP contribution in [0, 0.1) is 5.82 Å². The summed E-state index contributed by atoms with van der Waals surface area (Å²) in [6.07, 6.45) is 1.54. The number of halogens is 1. The lowest BCUT2D eigenvalue weighted by Crippen LogP contribution is -1.95. The Bertz CT molecular complexity index is 751. The summed E-state index contributed by atoms with van der Waals surface area (Å²) in [7, 11) is 0. The van der Waals surface area contributed by atoms with Crippen molar-refractivity contribution in [2.24, 2.45) is 0 Å². The normalized spacial score (nSPS) is 10.7. The van der Waals surface area contributed by atoms with Crippen LogP contribution in [0.3, 0.4) is 0 Å². The van der Waals surface area contributed by atoms with Crippen molar-refractivity contribution in [3.8, 4) is 34.2 Å². The Morgan fingerprint density at radius 1 is 0.905 bits per heavy atom. The zero-order valence-electron chi connectivity index (χ0n) is 10.6. The third-order valence-electron chi connectivity index (χ3n) is 2.96. The topological polar surface area (TPSA) is 91.4 Å². The molecule has 3 N–H and O–H groups in total. The molecule has 0 amide bonds. The first-order valence-electron chi connectivity index (χ1n) is 5.98. The minimum absolute atomic E-state index is 0.230. The molecule has 0 saturated carbocycles. The van der Waals surface area contributed by atoms with Gasteiger partial charge in [-0.15, -0.1) is 5.10 Å². The van der Waals surface area contributed by atoms with E-state index in [1.807, 2.05) is 0 Å². The van der Waals surface area contributed by atoms with Gasteiger partial charge < -0.3 is 15.3 Å². The lowest BCUT2D eigenvalue weighted by Gasteiger charge is -2.01. The van der Waals surface area contributed by atoms with E-state index < -0.39 is 11.6 Å². The highest BCUT2D eigenvalue weighted by Crippen LogP contribution is 2.29. The average Bonchev–Trinajstić information content (AvgIpc) is 2.94. The first-order chi connectivity index (χ1) is 10.0. The number of phenolic OH excluding ortho intramolecular Hbond substituents is 3. The number of hydrogen-bond donors (Lipinski definition) is 3. The van der Waals surface area contributed by atoms with E-state index in [0.717, 1.165) is 6.07 Å². The van der Waals surface area contributed by atoms with Crippen molar-refractivity contribution in [1.29, 1.82) is 0 Å². The van der Waals surface area contributed by atoms with Crippen LogP contribution in [0.1, 0.15) is 0 Å². The van der Waals surface area contributed by atoms with Gasteiger partial charge in [0.25, 0.3) is 0 Å². The summed E-state index contributed by atoms with van der Waals surface area (Å²) in [4.78, 5) is 0. The Kier molecular flexibility index (Phi) is 2.94. The summed E-state index contributed by atoms with van der Waals surface area (Å²) in [5, 5.41) is 35.7. The Balaban J connectivity index is 1.99. The molecule has 3 aromatic rings. The summed E-state index contributed by atoms with van der Waals surface area (Å²) in [5.41, 5.74) is 1.39. The van der Waals surface area contributed by atoms with Gasteiger partial charge in [0.05, 0.1) is 11.9 Å². The second-order valence-corrected chi connectivity index (χ2v) is 4.39. The molecule has 2 aromatic carbocycles. The van der Waals surface area contributed by atoms with E-state index >= 15 is 0 Å². The van der Waals surface area contributed by atoms with Crippen molar-refractivity contribution < 1.29 is 19.7 Å². The minimum Gasteiger partial charge on any atom is -0.505 e. The predicted molar refractivity (Wildman–Crippen MR) is 71.7 cm³/mol. The van der Waals surface area contributed by atoms with E-state index in [4.69, 9.17) is 5.11 Å². The van der Waals surface area contributed by atoms with Crippen LogP contribution in [0.4, 0.5) is 4.39 Å². The number of aromatic nitrogens is 3. The van der Waals surface area contributed by atoms with E-state index in [0.29, 0.717) is 16.9 Å². The highest BCUT2D eigenvalue weighted by atomic mass is 19.1. The third-order valence-corrected chi connectivity index (χ3v) is 2.96. The van der Waals surface area contributed by atoms with Gasteiger partial charge in [0, 0.05) is 11.6 Å². The molecule has 0 aliphatic carbocycles. The largest absolute Gasteiger partial charge is 0.505 e. The lowest BCUT2D eigenvalue weighted by molar-refractivity contribution is 0.404. The molecule has 0 radical (unpaired) electrons. The number of nitrogens with zero attached hydrogens (tertiary/aromatic N) is 3. The molecule has 0 bridgehead atoms. The molecule has 0 aliphatic rings. The van der Waals surface area contributed by atoms with Crippen molar-refractivity contribution >= 4 is 0 Å². The molecule has 3 rings (SSSR count). The van der Waals surface area contributed by atoms with Crippen LogP contribution in [0.2, 0.25) is 0 Å². The van der Waals surface area contributed by atoms with E-state index in [1.54, 1.807) is 6.07 Å². The molecule has 0 fully saturated rings. The number of hydrogen-bond acceptors (Lipinski definition) is 5. The van der Waals surface area contributed by atoms with Gasteiger partial charge in [-0.3, -0.25) is 0 Å². The summed E-state index contributed by atoms with van der Waals surface area (Å²) in [6, 6.07) is 8.09. The summed E-state index contributed by atoms with van der Waals surface area (Å²) in [5.74, 6) is -1.70. The van der Waals surface area contributed by atoms with Gasteiger partial charge in [0.15, 0.2) is 23.1 Å². The highest BCUT2D eigenvalue weighted by molar-refractivity contribution is 5.62. The molecule has 6 nitrogen and oxygen atoms in total. The number of phenols is 3. The SMILES string of the molecule is Oc1ccc(-c2cn(-c3ccc(O)c(F)c3)nn2)cc1O. The smallest absolute Gasteiger partial charge is 0.166 e. The maximum absolute atomic E-state index is 13.3. The molecule has 0 aliphatic heterocycles. The van der Waals surface area contributed by atoms with Crippen LogP contribution in [0.25, 0.3) is 16.9 Å². The molecule has 7 heteroatoms. The summed E-state index contributed by atoms with van der Waals surface area (Å²) < 4.78 is 14.7. The van der Waals surface area contributed by atoms with Gasteiger partial charge in [0.1, 0.15) is 5.69 Å². The second kappa shape index (κ2) is 4.78. The average molecular weight is 287 g/mol. The number of rotatable bonds is 2. The minimum atomic E-state index is -0.758. The maximum Gasteiger partial charge on any atom is 0.166 e. The van der Waals surface area contributed by atoms with Gasteiger partial charge in [-0.05, 0) is 30.3 Å². The zero-order valence-corrected chi connectivity index (χ0v) is 10.6. The van der Waals surface area contributed by atoms with E-state index in [9.17, 15) is 14.6 Å². The van der Waals surface area contributed by atoms with Gasteiger partial charge in [-0.1, -0.05) is 5.21 Å². The molecule has 0 saturated heterocycles. The molecular formula is C14H10FN3O3. The van der Waals surface area contributed by atoms with Gasteiger partial charge in [-0.25, -0.2) is 9.07 Å². The van der Waals surface area contributed by atoms with Crippen molar-refractivity contribution in [1.82, 2.24) is 15.0 Å². The first kappa shape index (κ1) is 12.9. The lowest BCUT2D eigenvalue weighted by atomic mass is 10.1. The fourth-order valence-corrected chi connectivity index (χ4v) is 1.84. The van der Waals surface area contributed by atoms with Crippen molar-refractivity contribution in [2.75, 3.05) is 0 Å². The van der Waals surface area contributed by atoms with E-state index in [1.165, 1.54) is 35.1 Å². The van der Waals surface area contributed by atoms with E-state index in [-0.39, 0.29) is 11.5 Å². The molecule has 1 aromatic heterocycles. The van der Waals surface area contributed by atoms with Gasteiger partial charge in [-0.2, -0.15) is 0 Å². The van der Waals surface area contributed by atoms with Gasteiger partial charge >= 0.3 is 0 Å². The van der Waals surface area contributed by atoms with Gasteiger partial charge in [0.2, 0.25) is 0 Å². The molecule has 0 unspecified atom stereocenters. The Labute approximate surface area is 118 Å². The molecule has 106 valence electrons. The second-order valence-electron chi connectivity index (χ2n) is 4.39. The van der Waals surface area contributed by atoms with Crippen LogP contribution in [-0.4, -0.2) is 30.3 Å². The standard InChI is InChI=1S/C14H10FN3O3/c15-10-6-9(2-4-12(10)19)18-7-11(16-17-18)8-1-3-13(20)14(21)5-8/h1-7,19-21H. The number of aromatic hydroxyl groups is 3. The Hall–Kier alpha value is -3.09. The van der Waals surface area contributed by atoms with Crippen molar-refractivity contribution in [3.05, 3.63) is 48.4 Å². The third kappa shape index (κ3) is 2.36. The molecular weight excluding hydrogens is 277 g/mol. The Morgan fingerprint density at radius 2 is 1.67 bits per heavy atom. The fourth-order valence-electron chi connectivity index (χ4n) is 1.84. The zero-order chi connectivity index (χ0) is 15.0. The molecule has 21 heavy (non-hydrogen) atoms. The molecule has 0 spiro atoms. The first-order valence-corrected chi connectivity index (χ1v) is 5.98. The Morgan fingerprint density at radius 3 is 2.38 bits per heavy atom. The van der Waals surface area contributed by atoms with E-state index in [2.05, 4.69) is 10.3 Å².